The summed E-state index contributed by atoms with van der Waals surface area (Å²) in [6.45, 7) is 1.94. The molecule has 2 fully saturated rings. The van der Waals surface area contributed by atoms with Crippen molar-refractivity contribution in [2.24, 2.45) is 11.8 Å². The summed E-state index contributed by atoms with van der Waals surface area (Å²) in [5.41, 5.74) is 6.62. The third kappa shape index (κ3) is 1.93. The maximum absolute atomic E-state index is 11.7. The number of nitrogen functional groups attached to an aromatic ring is 1. The highest BCUT2D eigenvalue weighted by Crippen LogP contribution is 2.45. The molecule has 2 N–H and O–H groups in total. The van der Waals surface area contributed by atoms with E-state index in [1.54, 1.807) is 0 Å². The first-order valence-electron chi connectivity index (χ1n) is 6.81. The Labute approximate surface area is 121 Å². The van der Waals surface area contributed by atoms with E-state index in [-0.39, 0.29) is 5.69 Å². The Morgan fingerprint density at radius 3 is 2.65 bits per heavy atom. The zero-order valence-corrected chi connectivity index (χ0v) is 12.2. The number of methoxy groups -OCH3 is 1. The van der Waals surface area contributed by atoms with Gasteiger partial charge >= 0.3 is 5.97 Å². The lowest BCUT2D eigenvalue weighted by molar-refractivity contribution is 0.0607. The van der Waals surface area contributed by atoms with Gasteiger partial charge in [0.1, 0.15) is 21.5 Å². The van der Waals surface area contributed by atoms with E-state index in [1.807, 2.05) is 0 Å². The van der Waals surface area contributed by atoms with Crippen molar-refractivity contribution in [1.29, 1.82) is 5.26 Å². The van der Waals surface area contributed by atoms with Crippen molar-refractivity contribution < 1.29 is 9.53 Å². The third-order valence-corrected chi connectivity index (χ3v) is 5.67. The Morgan fingerprint density at radius 1 is 1.45 bits per heavy atom. The minimum absolute atomic E-state index is 0.261. The number of fused-ring (bicyclic) bond motifs is 1. The first-order valence-corrected chi connectivity index (χ1v) is 7.63. The number of carbonyl (C=O) groups excluding carboxylic acids is 1. The second kappa shape index (κ2) is 4.98. The average Bonchev–Trinajstić information content (AvgIpc) is 3.09. The van der Waals surface area contributed by atoms with Crippen molar-refractivity contribution in [1.82, 2.24) is 0 Å². The molecule has 3 rings (SSSR count). The number of hydrogen-bond donors (Lipinski definition) is 1. The van der Waals surface area contributed by atoms with Gasteiger partial charge in [0.15, 0.2) is 0 Å². The summed E-state index contributed by atoms with van der Waals surface area (Å²) in [5.74, 6) is 0.993. The number of thiophene rings is 1. The van der Waals surface area contributed by atoms with E-state index >= 15 is 0 Å². The first kappa shape index (κ1) is 13.3. The third-order valence-electron chi connectivity index (χ3n) is 4.42. The van der Waals surface area contributed by atoms with Crippen LogP contribution in [-0.4, -0.2) is 26.2 Å². The molecule has 2 aliphatic rings. The van der Waals surface area contributed by atoms with E-state index < -0.39 is 5.97 Å². The Bertz CT molecular complexity index is 578. The van der Waals surface area contributed by atoms with Gasteiger partial charge in [0, 0.05) is 13.1 Å². The smallest absolute Gasteiger partial charge is 0.350 e. The number of nitrogens with two attached hydrogens (primary N) is 1. The number of carbonyl (C=O) groups is 1. The molecule has 6 heteroatoms. The van der Waals surface area contributed by atoms with E-state index in [0.29, 0.717) is 10.4 Å². The van der Waals surface area contributed by atoms with Crippen LogP contribution in [0.15, 0.2) is 0 Å². The molecule has 2 heterocycles. The molecule has 0 bridgehead atoms. The molecule has 1 aliphatic heterocycles. The molecule has 1 aliphatic carbocycles. The van der Waals surface area contributed by atoms with Crippen molar-refractivity contribution in [3.05, 3.63) is 10.4 Å². The van der Waals surface area contributed by atoms with E-state index in [1.165, 1.54) is 37.7 Å². The second-order valence-electron chi connectivity index (χ2n) is 5.48. The maximum atomic E-state index is 11.7. The predicted octanol–water partition coefficient (Wildman–Crippen LogP) is 2.22. The Morgan fingerprint density at radius 2 is 2.10 bits per heavy atom. The molecular weight excluding hydrogens is 274 g/mol. The molecule has 5 nitrogen and oxygen atoms in total. The summed E-state index contributed by atoms with van der Waals surface area (Å²) in [5, 5.41) is 10.2. The van der Waals surface area contributed by atoms with Crippen molar-refractivity contribution in [3.63, 3.8) is 0 Å². The minimum Gasteiger partial charge on any atom is -0.465 e. The lowest BCUT2D eigenvalue weighted by Crippen LogP contribution is -2.20. The standard InChI is InChI=1S/C14H17N3O2S/c1-19-14(18)12-11(16)10(5-15)13(20-12)17-6-8-3-2-4-9(8)7-17/h8-9H,2-4,6-7,16H2,1H3. The highest BCUT2D eigenvalue weighted by atomic mass is 32.1. The molecule has 0 radical (unpaired) electrons. The number of nitriles is 1. The fraction of sp³-hybridized carbons (Fsp3) is 0.571. The van der Waals surface area contributed by atoms with Crippen LogP contribution in [0.25, 0.3) is 0 Å². The largest absolute Gasteiger partial charge is 0.465 e. The summed E-state index contributed by atoms with van der Waals surface area (Å²) >= 11 is 1.28. The summed E-state index contributed by atoms with van der Waals surface area (Å²) in [7, 11) is 1.33. The molecule has 1 aromatic rings. The van der Waals surface area contributed by atoms with Crippen LogP contribution in [0.3, 0.4) is 0 Å². The molecule has 1 saturated carbocycles. The zero-order chi connectivity index (χ0) is 14.3. The fourth-order valence-electron chi connectivity index (χ4n) is 3.41. The summed E-state index contributed by atoms with van der Waals surface area (Å²) in [4.78, 5) is 14.3. The quantitative estimate of drug-likeness (QED) is 0.845. The molecule has 0 amide bonds. The Kier molecular flexibility index (Phi) is 3.30. The summed E-state index contributed by atoms with van der Waals surface area (Å²) in [6, 6.07) is 2.14. The van der Waals surface area contributed by atoms with E-state index in [9.17, 15) is 10.1 Å². The van der Waals surface area contributed by atoms with E-state index in [0.717, 1.165) is 29.9 Å². The number of rotatable bonds is 2. The zero-order valence-electron chi connectivity index (χ0n) is 11.4. The monoisotopic (exact) mass is 291 g/mol. The minimum atomic E-state index is -0.463. The topological polar surface area (TPSA) is 79.3 Å². The van der Waals surface area contributed by atoms with Crippen LogP contribution in [0, 0.1) is 23.2 Å². The normalized spacial score (nSPS) is 24.5. The van der Waals surface area contributed by atoms with Gasteiger partial charge in [-0.15, -0.1) is 11.3 Å². The molecule has 20 heavy (non-hydrogen) atoms. The van der Waals surface area contributed by atoms with Crippen LogP contribution in [-0.2, 0) is 4.74 Å². The van der Waals surface area contributed by atoms with Crippen molar-refractivity contribution in [3.8, 4) is 6.07 Å². The molecular formula is C14H17N3O2S. The van der Waals surface area contributed by atoms with Gasteiger partial charge in [-0.2, -0.15) is 5.26 Å². The van der Waals surface area contributed by atoms with Crippen molar-refractivity contribution in [2.75, 3.05) is 30.8 Å². The number of hydrogen-bond acceptors (Lipinski definition) is 6. The molecule has 0 aromatic carbocycles. The van der Waals surface area contributed by atoms with Gasteiger partial charge in [0.2, 0.25) is 0 Å². The molecule has 2 atom stereocenters. The predicted molar refractivity (Wildman–Crippen MR) is 77.8 cm³/mol. The molecule has 2 unspecified atom stereocenters. The maximum Gasteiger partial charge on any atom is 0.350 e. The van der Waals surface area contributed by atoms with Crippen molar-refractivity contribution >= 4 is 28.0 Å². The van der Waals surface area contributed by atoms with Gasteiger partial charge in [-0.25, -0.2) is 4.79 Å². The van der Waals surface area contributed by atoms with E-state index in [4.69, 9.17) is 10.5 Å². The number of ether oxygens (including phenoxy) is 1. The molecule has 1 aromatic heterocycles. The molecule has 1 saturated heterocycles. The van der Waals surface area contributed by atoms with E-state index in [2.05, 4.69) is 11.0 Å². The second-order valence-corrected chi connectivity index (χ2v) is 6.48. The Hall–Kier alpha value is -1.74. The number of anilines is 2. The lowest BCUT2D eigenvalue weighted by Gasteiger charge is -2.17. The number of nitrogens with zero attached hydrogens (tertiary/aromatic N) is 2. The average molecular weight is 291 g/mol. The van der Waals surface area contributed by atoms with Gasteiger partial charge < -0.3 is 15.4 Å². The molecule has 0 spiro atoms. The van der Waals surface area contributed by atoms with Crippen LogP contribution >= 0.6 is 11.3 Å². The van der Waals surface area contributed by atoms with Crippen LogP contribution in [0.2, 0.25) is 0 Å². The van der Waals surface area contributed by atoms with Gasteiger partial charge in [-0.1, -0.05) is 6.42 Å². The first-order chi connectivity index (χ1) is 9.65. The van der Waals surface area contributed by atoms with Crippen LogP contribution in [0.1, 0.15) is 34.5 Å². The van der Waals surface area contributed by atoms with Crippen LogP contribution < -0.4 is 10.6 Å². The summed E-state index contributed by atoms with van der Waals surface area (Å²) in [6.07, 6.45) is 3.86. The lowest BCUT2D eigenvalue weighted by atomic mass is 10.0. The van der Waals surface area contributed by atoms with Crippen LogP contribution in [0.5, 0.6) is 0 Å². The number of esters is 1. The summed E-state index contributed by atoms with van der Waals surface area (Å²) < 4.78 is 4.73. The van der Waals surface area contributed by atoms with Gasteiger partial charge in [-0.3, -0.25) is 0 Å². The SMILES string of the molecule is COC(=O)c1sc(N2CC3CCCC3C2)c(C#N)c1N. The van der Waals surface area contributed by atoms with Gasteiger partial charge in [0.25, 0.3) is 0 Å². The van der Waals surface area contributed by atoms with Gasteiger partial charge in [-0.05, 0) is 24.7 Å². The highest BCUT2D eigenvalue weighted by Gasteiger charge is 2.38. The highest BCUT2D eigenvalue weighted by molar-refractivity contribution is 7.18. The van der Waals surface area contributed by atoms with Crippen molar-refractivity contribution in [2.45, 2.75) is 19.3 Å². The van der Waals surface area contributed by atoms with Crippen LogP contribution in [0.4, 0.5) is 10.7 Å². The fourth-order valence-corrected chi connectivity index (χ4v) is 4.52. The van der Waals surface area contributed by atoms with Gasteiger partial charge in [0.05, 0.1) is 12.8 Å². The Balaban J connectivity index is 1.94. The molecule has 106 valence electrons.